The van der Waals surface area contributed by atoms with Crippen LogP contribution in [-0.2, 0) is 79.2 Å². The van der Waals surface area contributed by atoms with Crippen molar-refractivity contribution in [1.82, 2.24) is 65.2 Å². The van der Waals surface area contributed by atoms with E-state index in [4.69, 9.17) is 46.7 Å². The summed E-state index contributed by atoms with van der Waals surface area (Å²) in [5.74, 6) is -4.05. The lowest BCUT2D eigenvalue weighted by molar-refractivity contribution is -0.160. The SMILES string of the molecule is CCN1CCN(c2ccc3oc([C@]4(CN5Cc6ccc(OC)c(F)c6C5=O)NC(=O)N(COC(=O)C(C)(C)C)C4=O)cc3n2)CC1.COc1ccc2c(c1)C(=O)N(C[C@@]1(c3cc4cnccc4o3)NC(=O)N(COC(=O)C(C)(C)C)C1=O)C2.COc1ccc2c(c1)C(=O)N(C[C@@]1(c3cc4ncccc4o3)NC(=O)N(COC(=O)C(C)(C)C)C1=O)C2. The van der Waals surface area contributed by atoms with Crippen LogP contribution in [0.1, 0.15) is 134 Å². The lowest BCUT2D eigenvalue weighted by Gasteiger charge is -2.34. The Morgan fingerprint density at radius 1 is 0.492 bits per heavy atom. The molecule has 7 aliphatic rings. The highest BCUT2D eigenvalue weighted by Crippen LogP contribution is 2.43. The number of nitrogens with zero attached hydrogens (tertiary/aromatic N) is 11. The van der Waals surface area contributed by atoms with Gasteiger partial charge in [-0.1, -0.05) is 25.1 Å². The second kappa shape index (κ2) is 31.7. The molecule has 36 heteroatoms. The number of amides is 12. The predicted octanol–water partition coefficient (Wildman–Crippen LogP) is 8.64. The van der Waals surface area contributed by atoms with Crippen molar-refractivity contribution >= 4 is 110 Å². The summed E-state index contributed by atoms with van der Waals surface area (Å²) in [6, 6.07) is 24.4. The fraction of sp³-hybridized carbons (Fsp3) is 0.393. The molecule has 4 fully saturated rings. The van der Waals surface area contributed by atoms with Gasteiger partial charge in [-0.3, -0.25) is 53.1 Å². The molecular weight excluding hydrogens is 1560 g/mol. The molecule has 0 bridgehead atoms. The molecule has 6 aromatic heterocycles. The van der Waals surface area contributed by atoms with Gasteiger partial charge in [0.25, 0.3) is 35.4 Å². The summed E-state index contributed by atoms with van der Waals surface area (Å²) in [4.78, 5) is 183. The molecule has 9 aromatic rings. The predicted molar refractivity (Wildman–Crippen MR) is 422 cm³/mol. The van der Waals surface area contributed by atoms with E-state index in [2.05, 4.69) is 42.6 Å². The van der Waals surface area contributed by atoms with Crippen molar-refractivity contribution < 1.29 is 104 Å². The fourth-order valence-corrected chi connectivity index (χ4v) is 14.8. The Hall–Kier alpha value is -13.5. The lowest BCUT2D eigenvalue weighted by Crippen LogP contribution is -2.52. The molecule has 0 unspecified atom stereocenters. The van der Waals surface area contributed by atoms with E-state index in [0.29, 0.717) is 61.4 Å². The van der Waals surface area contributed by atoms with Crippen molar-refractivity contribution in [2.24, 2.45) is 16.2 Å². The van der Waals surface area contributed by atoms with Crippen LogP contribution >= 0.6 is 0 Å². The standard InChI is InChI=1S/C32H37FN6O7.2C26H26N4O7/c1-6-36-11-13-37(14-12-36)24-10-9-21-20(34-24)15-23(46-21)32(28(41)39(30(43)35-32)18-45-29(42)31(2,3)4)17-38-16-19-7-8-22(44-5)26(33)25(19)27(38)40;1-25(2,3)23(33)36-14-30-22(32)26(28-24(30)34,20-9-16-11-27-8-7-19(16)37-20)13-29-12-15-5-6-17(35-4)10-18(15)21(29)31;1-25(2,3)23(33)36-14-30-22(32)26(28-24(30)34,20-11-18-19(37-20)6-5-9-27-18)13-29-12-15-7-8-16(35-4)10-17(15)21(29)31/h7-10,15H,6,11-14,16-18H2,1-5H3,(H,35,43);2*5-11H,12-14H2,1-4H3,(H,28,34)/t32-;2*26-/m000/s1. The third kappa shape index (κ3) is 15.4. The Morgan fingerprint density at radius 2 is 0.933 bits per heavy atom. The molecule has 16 rings (SSSR count). The molecule has 3 atom stereocenters. The monoisotopic (exact) mass is 1650 g/mol. The van der Waals surface area contributed by atoms with Gasteiger partial charge in [0, 0.05) is 93.0 Å². The number of benzene rings is 3. The van der Waals surface area contributed by atoms with E-state index < -0.39 is 119 Å². The van der Waals surface area contributed by atoms with E-state index in [9.17, 15) is 57.5 Å². The third-order valence-corrected chi connectivity index (χ3v) is 21.7. The quantitative estimate of drug-likeness (QED) is 0.0365. The number of anilines is 1. The Bertz CT molecular complexity index is 5410. The normalized spacial score (nSPS) is 19.8. The fourth-order valence-electron chi connectivity index (χ4n) is 14.8. The maximum Gasteiger partial charge on any atom is 0.328 e. The zero-order chi connectivity index (χ0) is 86.0. The van der Waals surface area contributed by atoms with Crippen molar-refractivity contribution in [2.45, 2.75) is 105 Å². The van der Waals surface area contributed by atoms with E-state index in [1.807, 2.05) is 6.07 Å². The molecular formula is C84H89FN14O21. The van der Waals surface area contributed by atoms with Gasteiger partial charge < -0.3 is 82.1 Å². The number of aromatic nitrogens is 3. The largest absolute Gasteiger partial charge is 0.497 e. The van der Waals surface area contributed by atoms with Gasteiger partial charge in [-0.2, -0.15) is 0 Å². The van der Waals surface area contributed by atoms with Crippen LogP contribution in [0.5, 0.6) is 17.2 Å². The van der Waals surface area contributed by atoms with Crippen LogP contribution in [0.25, 0.3) is 33.2 Å². The second-order valence-corrected chi connectivity index (χ2v) is 32.9. The van der Waals surface area contributed by atoms with Gasteiger partial charge in [-0.05, 0) is 152 Å². The average Bonchev–Trinajstić information content (AvgIpc) is 1.58. The number of nitrogens with one attached hydrogen (secondary N) is 3. The number of furan rings is 3. The second-order valence-electron chi connectivity index (χ2n) is 32.9. The first-order chi connectivity index (χ1) is 56.9. The van der Waals surface area contributed by atoms with Crippen molar-refractivity contribution in [3.05, 3.63) is 172 Å². The van der Waals surface area contributed by atoms with Crippen LogP contribution in [-0.4, -0.2) is 215 Å². The minimum absolute atomic E-state index is 0.0225. The minimum Gasteiger partial charge on any atom is -0.497 e. The number of carbonyl (C=O) groups excluding carboxylic acids is 12. The molecule has 7 aliphatic heterocycles. The number of rotatable bonds is 20. The average molecular weight is 1650 g/mol. The van der Waals surface area contributed by atoms with Crippen molar-refractivity contribution in [3.8, 4) is 17.2 Å². The molecule has 13 heterocycles. The first kappa shape index (κ1) is 83.0. The zero-order valence-electron chi connectivity index (χ0n) is 68.2. The van der Waals surface area contributed by atoms with Crippen molar-refractivity contribution in [2.75, 3.05) is 98.8 Å². The molecule has 120 heavy (non-hydrogen) atoms. The van der Waals surface area contributed by atoms with Crippen LogP contribution in [0.3, 0.4) is 0 Å². The molecule has 12 amide bonds. The highest BCUT2D eigenvalue weighted by Gasteiger charge is 2.61. The molecule has 3 N–H and O–H groups in total. The summed E-state index contributed by atoms with van der Waals surface area (Å²) in [5.41, 5.74) is -3.07. The smallest absolute Gasteiger partial charge is 0.328 e. The van der Waals surface area contributed by atoms with Crippen LogP contribution in [0.4, 0.5) is 24.6 Å². The number of hydrogen-bond acceptors (Lipinski definition) is 26. The molecule has 0 radical (unpaired) electrons. The van der Waals surface area contributed by atoms with Gasteiger partial charge in [0.05, 0.1) is 62.8 Å². The van der Waals surface area contributed by atoms with Crippen LogP contribution in [0.2, 0.25) is 0 Å². The number of esters is 3. The molecule has 35 nitrogen and oxygen atoms in total. The van der Waals surface area contributed by atoms with Crippen LogP contribution in [0.15, 0.2) is 129 Å². The van der Waals surface area contributed by atoms with E-state index >= 15 is 4.39 Å². The van der Waals surface area contributed by atoms with Gasteiger partial charge in [0.2, 0.25) is 0 Å². The Kier molecular flexibility index (Phi) is 21.9. The lowest BCUT2D eigenvalue weighted by atomic mass is 9.95. The minimum atomic E-state index is -1.92. The molecule has 0 spiro atoms. The summed E-state index contributed by atoms with van der Waals surface area (Å²) in [6.45, 7) is 19.3. The van der Waals surface area contributed by atoms with E-state index in [0.717, 1.165) is 64.4 Å². The Labute approximate surface area is 686 Å². The Balaban J connectivity index is 0.000000149. The van der Waals surface area contributed by atoms with E-state index in [1.54, 1.807) is 166 Å². The van der Waals surface area contributed by atoms with Crippen molar-refractivity contribution in [1.29, 1.82) is 0 Å². The van der Waals surface area contributed by atoms with Crippen LogP contribution in [0, 0.1) is 22.1 Å². The molecule has 628 valence electrons. The number of halogens is 1. The molecule has 0 aliphatic carbocycles. The van der Waals surface area contributed by atoms with Gasteiger partial charge >= 0.3 is 36.0 Å². The summed E-state index contributed by atoms with van der Waals surface area (Å²) in [7, 11) is 4.33. The first-order valence-electron chi connectivity index (χ1n) is 38.5. The first-order valence-corrected chi connectivity index (χ1v) is 38.5. The number of ether oxygens (including phenoxy) is 6. The van der Waals surface area contributed by atoms with Gasteiger partial charge in [0.15, 0.2) is 59.5 Å². The number of hydrogen-bond donors (Lipinski definition) is 3. The number of fused-ring (bicyclic) bond motifs is 6. The number of carbonyl (C=O) groups is 12. The zero-order valence-corrected chi connectivity index (χ0v) is 68.2. The number of methoxy groups -OCH3 is 3. The Morgan fingerprint density at radius 3 is 1.38 bits per heavy atom. The number of likely N-dealkylation sites (N-methyl/N-ethyl adjacent to an activating group) is 1. The highest BCUT2D eigenvalue weighted by molar-refractivity contribution is 6.11. The van der Waals surface area contributed by atoms with Gasteiger partial charge in [-0.25, -0.2) is 38.5 Å². The number of imide groups is 3. The summed E-state index contributed by atoms with van der Waals surface area (Å²) in [5, 5.41) is 8.75. The van der Waals surface area contributed by atoms with Crippen molar-refractivity contribution in [3.63, 3.8) is 0 Å². The third-order valence-electron chi connectivity index (χ3n) is 21.7. The van der Waals surface area contributed by atoms with E-state index in [-0.39, 0.29) is 79.7 Å². The van der Waals surface area contributed by atoms with E-state index in [1.165, 1.54) is 42.1 Å². The van der Waals surface area contributed by atoms with Crippen LogP contribution < -0.4 is 35.1 Å². The molecule has 3 aromatic carbocycles. The maximum atomic E-state index is 15.2. The summed E-state index contributed by atoms with van der Waals surface area (Å²) >= 11 is 0. The summed E-state index contributed by atoms with van der Waals surface area (Å²) < 4.78 is 64.7. The molecule has 4 saturated heterocycles. The number of urea groups is 3. The number of pyridine rings is 3. The van der Waals surface area contributed by atoms with Gasteiger partial charge in [0.1, 0.15) is 51.2 Å². The molecule has 0 saturated carbocycles. The highest BCUT2D eigenvalue weighted by atomic mass is 19.1. The topological polar surface area (TPSA) is 400 Å². The van der Waals surface area contributed by atoms with Gasteiger partial charge in [-0.15, -0.1) is 0 Å². The number of piperazine rings is 1. The maximum absolute atomic E-state index is 15.2. The summed E-state index contributed by atoms with van der Waals surface area (Å²) in [6.07, 6.45) is 4.70.